The summed E-state index contributed by atoms with van der Waals surface area (Å²) in [7, 11) is 0. The summed E-state index contributed by atoms with van der Waals surface area (Å²) in [6.07, 6.45) is 0. The van der Waals surface area contributed by atoms with Gasteiger partial charge in [-0.2, -0.15) is 0 Å². The van der Waals surface area contributed by atoms with Crippen molar-refractivity contribution in [3.8, 4) is 0 Å². The lowest BCUT2D eigenvalue weighted by atomic mass is 10.1. The van der Waals surface area contributed by atoms with E-state index in [1.165, 1.54) is 0 Å². The Morgan fingerprint density at radius 3 is 2.50 bits per heavy atom. The molecule has 20 heavy (non-hydrogen) atoms. The Balaban J connectivity index is 2.33. The molecule has 0 aliphatic rings. The summed E-state index contributed by atoms with van der Waals surface area (Å²) >= 11 is 11.9. The van der Waals surface area contributed by atoms with Crippen LogP contribution < -0.4 is 11.1 Å². The van der Waals surface area contributed by atoms with E-state index in [1.54, 1.807) is 18.2 Å². The van der Waals surface area contributed by atoms with Crippen LogP contribution in [0.2, 0.25) is 10.0 Å². The predicted octanol–water partition coefficient (Wildman–Crippen LogP) is 4.44. The van der Waals surface area contributed by atoms with Gasteiger partial charge in [-0.3, -0.25) is 4.79 Å². The quantitative estimate of drug-likeness (QED) is 0.806. The van der Waals surface area contributed by atoms with Gasteiger partial charge in [0.15, 0.2) is 0 Å². The molecule has 0 spiro atoms. The molecule has 0 heterocycles. The molecule has 3 N–H and O–H groups in total. The number of amides is 1. The Morgan fingerprint density at radius 1 is 1.15 bits per heavy atom. The molecule has 0 saturated heterocycles. The molecule has 104 valence electrons. The second kappa shape index (κ2) is 5.73. The molecule has 0 aliphatic carbocycles. The summed E-state index contributed by atoms with van der Waals surface area (Å²) in [4.78, 5) is 12.2. The summed E-state index contributed by atoms with van der Waals surface area (Å²) < 4.78 is 0. The van der Waals surface area contributed by atoms with Crippen LogP contribution in [0.3, 0.4) is 0 Å². The van der Waals surface area contributed by atoms with E-state index >= 15 is 0 Å². The van der Waals surface area contributed by atoms with Crippen molar-refractivity contribution in [3.63, 3.8) is 0 Å². The van der Waals surface area contributed by atoms with Crippen molar-refractivity contribution in [1.29, 1.82) is 0 Å². The van der Waals surface area contributed by atoms with Gasteiger partial charge in [0, 0.05) is 0 Å². The number of carbonyl (C=O) groups is 1. The van der Waals surface area contributed by atoms with Crippen LogP contribution in [0.1, 0.15) is 21.5 Å². The van der Waals surface area contributed by atoms with Crippen molar-refractivity contribution in [2.24, 2.45) is 0 Å². The number of aryl methyl sites for hydroxylation is 2. The first-order chi connectivity index (χ1) is 9.40. The normalized spacial score (nSPS) is 10.4. The number of benzene rings is 2. The molecule has 5 heteroatoms. The average Bonchev–Trinajstić information content (AvgIpc) is 2.39. The molecule has 0 aliphatic heterocycles. The van der Waals surface area contributed by atoms with Gasteiger partial charge >= 0.3 is 0 Å². The Labute approximate surface area is 127 Å². The number of nitrogen functional groups attached to an aromatic ring is 1. The zero-order chi connectivity index (χ0) is 14.9. The number of nitrogens with two attached hydrogens (primary N) is 1. The Hall–Kier alpha value is -1.71. The molecule has 3 nitrogen and oxygen atoms in total. The lowest BCUT2D eigenvalue weighted by Gasteiger charge is -2.12. The smallest absolute Gasteiger partial charge is 0.257 e. The topological polar surface area (TPSA) is 55.1 Å². The molecule has 2 rings (SSSR count). The van der Waals surface area contributed by atoms with Crippen LogP contribution in [-0.2, 0) is 0 Å². The van der Waals surface area contributed by atoms with Crippen LogP contribution in [-0.4, -0.2) is 5.91 Å². The van der Waals surface area contributed by atoms with E-state index in [9.17, 15) is 4.79 Å². The van der Waals surface area contributed by atoms with E-state index in [1.807, 2.05) is 26.0 Å². The van der Waals surface area contributed by atoms with E-state index < -0.39 is 0 Å². The number of halogens is 2. The molecule has 0 radical (unpaired) electrons. The van der Waals surface area contributed by atoms with Crippen molar-refractivity contribution in [2.45, 2.75) is 13.8 Å². The van der Waals surface area contributed by atoms with E-state index in [4.69, 9.17) is 28.9 Å². The first-order valence-corrected chi connectivity index (χ1v) is 6.78. The molecule has 0 aromatic heterocycles. The van der Waals surface area contributed by atoms with Crippen molar-refractivity contribution >= 4 is 40.5 Å². The largest absolute Gasteiger partial charge is 0.397 e. The van der Waals surface area contributed by atoms with Gasteiger partial charge in [-0.05, 0) is 49.2 Å². The fourth-order valence-electron chi connectivity index (χ4n) is 1.82. The van der Waals surface area contributed by atoms with Crippen LogP contribution in [0.25, 0.3) is 0 Å². The van der Waals surface area contributed by atoms with Gasteiger partial charge in [0.2, 0.25) is 0 Å². The summed E-state index contributed by atoms with van der Waals surface area (Å²) in [6.45, 7) is 3.92. The molecular weight excluding hydrogens is 295 g/mol. The van der Waals surface area contributed by atoms with Crippen LogP contribution in [0.15, 0.2) is 30.3 Å². The lowest BCUT2D eigenvalue weighted by molar-refractivity contribution is 0.102. The zero-order valence-corrected chi connectivity index (χ0v) is 12.6. The van der Waals surface area contributed by atoms with Gasteiger partial charge in [-0.15, -0.1) is 0 Å². The van der Waals surface area contributed by atoms with Crippen LogP contribution in [0.4, 0.5) is 11.4 Å². The molecule has 0 fully saturated rings. The Morgan fingerprint density at radius 2 is 1.80 bits per heavy atom. The minimum atomic E-state index is -0.340. The lowest BCUT2D eigenvalue weighted by Crippen LogP contribution is -2.14. The summed E-state index contributed by atoms with van der Waals surface area (Å²) in [5, 5.41) is 3.33. The van der Waals surface area contributed by atoms with E-state index in [0.29, 0.717) is 22.0 Å². The fourth-order valence-corrected chi connectivity index (χ4v) is 2.20. The molecule has 0 bridgehead atoms. The van der Waals surface area contributed by atoms with E-state index in [-0.39, 0.29) is 10.9 Å². The van der Waals surface area contributed by atoms with E-state index in [2.05, 4.69) is 5.32 Å². The number of carbonyl (C=O) groups excluding carboxylic acids is 1. The second-order valence-corrected chi connectivity index (χ2v) is 5.36. The number of nitrogens with one attached hydrogen (secondary N) is 1. The SMILES string of the molecule is Cc1cc(N)c(NC(=O)c2cccc(Cl)c2Cl)cc1C. The first kappa shape index (κ1) is 14.7. The molecule has 0 saturated carbocycles. The standard InChI is InChI=1S/C15H14Cl2N2O/c1-8-6-12(18)13(7-9(8)2)19-15(20)10-4-3-5-11(16)14(10)17/h3-7H,18H2,1-2H3,(H,19,20). The molecule has 2 aromatic carbocycles. The maximum atomic E-state index is 12.2. The third kappa shape index (κ3) is 2.89. The van der Waals surface area contributed by atoms with Gasteiger partial charge < -0.3 is 11.1 Å². The summed E-state index contributed by atoms with van der Waals surface area (Å²) in [5.74, 6) is -0.340. The van der Waals surface area contributed by atoms with Crippen LogP contribution >= 0.6 is 23.2 Å². The summed E-state index contributed by atoms with van der Waals surface area (Å²) in [6, 6.07) is 8.57. The molecule has 1 amide bonds. The third-order valence-electron chi connectivity index (χ3n) is 3.11. The maximum absolute atomic E-state index is 12.2. The maximum Gasteiger partial charge on any atom is 0.257 e. The van der Waals surface area contributed by atoms with Crippen molar-refractivity contribution < 1.29 is 4.79 Å². The average molecular weight is 309 g/mol. The van der Waals surface area contributed by atoms with Gasteiger partial charge in [-0.1, -0.05) is 29.3 Å². The second-order valence-electron chi connectivity index (χ2n) is 4.58. The fraction of sp³-hybridized carbons (Fsp3) is 0.133. The van der Waals surface area contributed by atoms with Crippen molar-refractivity contribution in [2.75, 3.05) is 11.1 Å². The highest BCUT2D eigenvalue weighted by atomic mass is 35.5. The molecule has 0 unspecified atom stereocenters. The number of hydrogen-bond donors (Lipinski definition) is 2. The monoisotopic (exact) mass is 308 g/mol. The Bertz CT molecular complexity index is 684. The third-order valence-corrected chi connectivity index (χ3v) is 3.93. The van der Waals surface area contributed by atoms with Crippen LogP contribution in [0, 0.1) is 13.8 Å². The van der Waals surface area contributed by atoms with Gasteiger partial charge in [0.25, 0.3) is 5.91 Å². The Kier molecular flexibility index (Phi) is 4.21. The first-order valence-electron chi connectivity index (χ1n) is 6.02. The highest BCUT2D eigenvalue weighted by Gasteiger charge is 2.14. The van der Waals surface area contributed by atoms with Gasteiger partial charge in [0.05, 0.1) is 27.0 Å². The van der Waals surface area contributed by atoms with Crippen LogP contribution in [0.5, 0.6) is 0 Å². The molecular formula is C15H14Cl2N2O. The van der Waals surface area contributed by atoms with Crippen molar-refractivity contribution in [1.82, 2.24) is 0 Å². The molecule has 0 atom stereocenters. The predicted molar refractivity (Wildman–Crippen MR) is 84.7 cm³/mol. The number of rotatable bonds is 2. The van der Waals surface area contributed by atoms with Gasteiger partial charge in [-0.25, -0.2) is 0 Å². The zero-order valence-electron chi connectivity index (χ0n) is 11.1. The molecule has 2 aromatic rings. The number of hydrogen-bond acceptors (Lipinski definition) is 2. The van der Waals surface area contributed by atoms with Crippen molar-refractivity contribution in [3.05, 3.63) is 57.1 Å². The van der Waals surface area contributed by atoms with E-state index in [0.717, 1.165) is 11.1 Å². The highest BCUT2D eigenvalue weighted by molar-refractivity contribution is 6.44. The van der Waals surface area contributed by atoms with Gasteiger partial charge in [0.1, 0.15) is 0 Å². The summed E-state index contributed by atoms with van der Waals surface area (Å²) in [5.41, 5.74) is 9.42. The minimum absolute atomic E-state index is 0.231. The highest BCUT2D eigenvalue weighted by Crippen LogP contribution is 2.28. The minimum Gasteiger partial charge on any atom is -0.397 e. The number of anilines is 2.